The Kier molecular flexibility index (Phi) is 5.03. The maximum atomic E-state index is 11.0. The van der Waals surface area contributed by atoms with Crippen molar-refractivity contribution in [1.29, 1.82) is 0 Å². The van der Waals surface area contributed by atoms with Crippen molar-refractivity contribution in [3.63, 3.8) is 0 Å². The van der Waals surface area contributed by atoms with Gasteiger partial charge < -0.3 is 5.32 Å². The topological polar surface area (TPSA) is 58.1 Å². The Morgan fingerprint density at radius 2 is 2.35 bits per heavy atom. The molecule has 3 heterocycles. The van der Waals surface area contributed by atoms with E-state index in [9.17, 15) is 4.79 Å². The molecule has 2 aromatic rings. The third-order valence-corrected chi connectivity index (χ3v) is 4.95. The number of thiazole rings is 1. The van der Waals surface area contributed by atoms with E-state index in [4.69, 9.17) is 0 Å². The fourth-order valence-electron chi connectivity index (χ4n) is 3.00. The van der Waals surface area contributed by atoms with Crippen molar-refractivity contribution in [2.75, 3.05) is 6.54 Å². The van der Waals surface area contributed by atoms with Crippen molar-refractivity contribution < 1.29 is 4.79 Å². The number of nitrogens with zero attached hydrogens (tertiary/aromatic N) is 3. The lowest BCUT2D eigenvalue weighted by Crippen LogP contribution is -2.24. The van der Waals surface area contributed by atoms with Gasteiger partial charge in [0.15, 0.2) is 0 Å². The summed E-state index contributed by atoms with van der Waals surface area (Å²) >= 11 is 1.71. The van der Waals surface area contributed by atoms with E-state index in [1.54, 1.807) is 11.3 Å². The van der Waals surface area contributed by atoms with E-state index in [1.807, 2.05) is 13.1 Å². The molecule has 6 heteroatoms. The minimum Gasteiger partial charge on any atom is -0.352 e. The molecule has 0 saturated carbocycles. The third-order valence-electron chi connectivity index (χ3n) is 4.13. The molecule has 1 aliphatic rings. The molecule has 0 unspecified atom stereocenters. The Bertz CT molecular complexity index is 667. The summed E-state index contributed by atoms with van der Waals surface area (Å²) in [6.07, 6.45) is 4.21. The monoisotopic (exact) mass is 330 g/mol. The molecule has 1 aliphatic heterocycles. The van der Waals surface area contributed by atoms with E-state index >= 15 is 0 Å². The number of pyridine rings is 1. The molecule has 1 N–H and O–H groups in total. The number of aromatic nitrogens is 2. The number of likely N-dealkylation sites (tertiary alicyclic amines) is 1. The van der Waals surface area contributed by atoms with Gasteiger partial charge in [0.1, 0.15) is 0 Å². The normalized spacial score (nSPS) is 18.3. The Balaban J connectivity index is 1.66. The summed E-state index contributed by atoms with van der Waals surface area (Å²) in [5, 5.41) is 6.07. The van der Waals surface area contributed by atoms with Crippen LogP contribution in [0, 0.1) is 6.92 Å². The van der Waals surface area contributed by atoms with Gasteiger partial charge in [0.25, 0.3) is 0 Å². The molecule has 0 aromatic carbocycles. The first-order chi connectivity index (χ1) is 11.1. The van der Waals surface area contributed by atoms with Gasteiger partial charge in [-0.15, -0.1) is 11.3 Å². The number of nitrogens with one attached hydrogen (secondary N) is 1. The van der Waals surface area contributed by atoms with E-state index in [1.165, 1.54) is 13.3 Å². The molecule has 1 saturated heterocycles. The Morgan fingerprint density at radius 3 is 3.00 bits per heavy atom. The first kappa shape index (κ1) is 16.1. The number of hydrogen-bond donors (Lipinski definition) is 1. The van der Waals surface area contributed by atoms with Gasteiger partial charge >= 0.3 is 0 Å². The van der Waals surface area contributed by atoms with Crippen LogP contribution in [0.4, 0.5) is 0 Å². The smallest absolute Gasteiger partial charge is 0.217 e. The minimum absolute atomic E-state index is 0.0189. The van der Waals surface area contributed by atoms with Gasteiger partial charge in [0.05, 0.1) is 22.4 Å². The average molecular weight is 330 g/mol. The molecular weight excluding hydrogens is 308 g/mol. The maximum absolute atomic E-state index is 11.0. The molecule has 0 bridgehead atoms. The lowest BCUT2D eigenvalue weighted by molar-refractivity contribution is -0.119. The number of carbonyl (C=O) groups is 1. The predicted molar refractivity (Wildman–Crippen MR) is 91.0 cm³/mol. The zero-order chi connectivity index (χ0) is 16.2. The van der Waals surface area contributed by atoms with Gasteiger partial charge in [-0.05, 0) is 37.9 Å². The van der Waals surface area contributed by atoms with Crippen molar-refractivity contribution in [1.82, 2.24) is 20.2 Å². The first-order valence-electron chi connectivity index (χ1n) is 7.96. The second kappa shape index (κ2) is 7.19. The summed E-state index contributed by atoms with van der Waals surface area (Å²) in [7, 11) is 0. The van der Waals surface area contributed by atoms with Gasteiger partial charge in [-0.2, -0.15) is 0 Å². The number of hydrogen-bond acceptors (Lipinski definition) is 5. The van der Waals surface area contributed by atoms with Crippen LogP contribution in [-0.4, -0.2) is 27.3 Å². The van der Waals surface area contributed by atoms with E-state index in [-0.39, 0.29) is 5.91 Å². The van der Waals surface area contributed by atoms with Crippen LogP contribution in [0.15, 0.2) is 23.7 Å². The van der Waals surface area contributed by atoms with Crippen molar-refractivity contribution in [3.05, 3.63) is 45.7 Å². The number of amides is 1. The van der Waals surface area contributed by atoms with Crippen LogP contribution in [0.1, 0.15) is 47.8 Å². The molecular formula is C17H22N4OS. The standard InChI is InChI=1S/C17H22N4OS/c1-12(22)18-8-14-5-6-16(19-9-14)17-4-3-7-21(17)10-15-11-23-13(2)20-15/h5-6,9,11,17H,3-4,7-8,10H2,1-2H3,(H,18,22)/t17-/m0/s1. The Labute approximate surface area is 140 Å². The van der Waals surface area contributed by atoms with Crippen LogP contribution < -0.4 is 5.32 Å². The van der Waals surface area contributed by atoms with E-state index < -0.39 is 0 Å². The van der Waals surface area contributed by atoms with Crippen molar-refractivity contribution in [2.24, 2.45) is 0 Å². The number of aryl methyl sites for hydroxylation is 1. The summed E-state index contributed by atoms with van der Waals surface area (Å²) < 4.78 is 0. The van der Waals surface area contributed by atoms with E-state index in [2.05, 4.69) is 37.7 Å². The Hall–Kier alpha value is -1.79. The molecule has 23 heavy (non-hydrogen) atoms. The van der Waals surface area contributed by atoms with Crippen molar-refractivity contribution >= 4 is 17.2 Å². The summed E-state index contributed by atoms with van der Waals surface area (Å²) in [5.74, 6) is -0.0189. The summed E-state index contributed by atoms with van der Waals surface area (Å²) in [4.78, 5) is 22.6. The van der Waals surface area contributed by atoms with Crippen LogP contribution in [0.5, 0.6) is 0 Å². The van der Waals surface area contributed by atoms with Gasteiger partial charge in [-0.25, -0.2) is 4.98 Å². The average Bonchev–Trinajstić information content (AvgIpc) is 3.15. The lowest BCUT2D eigenvalue weighted by atomic mass is 10.1. The van der Waals surface area contributed by atoms with Crippen LogP contribution in [-0.2, 0) is 17.9 Å². The molecule has 5 nitrogen and oxygen atoms in total. The second-order valence-electron chi connectivity index (χ2n) is 5.99. The predicted octanol–water partition coefficient (Wildman–Crippen LogP) is 2.82. The third kappa shape index (κ3) is 4.14. The summed E-state index contributed by atoms with van der Waals surface area (Å²) in [6, 6.07) is 4.51. The van der Waals surface area contributed by atoms with Gasteiger partial charge in [0, 0.05) is 31.6 Å². The highest BCUT2D eigenvalue weighted by Gasteiger charge is 2.27. The zero-order valence-corrected chi connectivity index (χ0v) is 14.4. The molecule has 0 aliphatic carbocycles. The summed E-state index contributed by atoms with van der Waals surface area (Å²) in [5.41, 5.74) is 3.30. The number of carbonyl (C=O) groups excluding carboxylic acids is 1. The second-order valence-corrected chi connectivity index (χ2v) is 7.05. The molecule has 0 radical (unpaired) electrons. The van der Waals surface area contributed by atoms with Crippen molar-refractivity contribution in [2.45, 2.75) is 45.8 Å². The quantitative estimate of drug-likeness (QED) is 0.916. The lowest BCUT2D eigenvalue weighted by Gasteiger charge is -2.23. The minimum atomic E-state index is -0.0189. The highest BCUT2D eigenvalue weighted by atomic mass is 32.1. The highest BCUT2D eigenvalue weighted by Crippen LogP contribution is 2.32. The van der Waals surface area contributed by atoms with Crippen LogP contribution in [0.25, 0.3) is 0 Å². The summed E-state index contributed by atoms with van der Waals surface area (Å²) in [6.45, 7) is 6.10. The van der Waals surface area contributed by atoms with Gasteiger partial charge in [-0.3, -0.25) is 14.7 Å². The van der Waals surface area contributed by atoms with Crippen LogP contribution in [0.2, 0.25) is 0 Å². The molecule has 3 rings (SSSR count). The molecule has 0 spiro atoms. The maximum Gasteiger partial charge on any atom is 0.217 e. The zero-order valence-electron chi connectivity index (χ0n) is 13.6. The fraction of sp³-hybridized carbons (Fsp3) is 0.471. The van der Waals surface area contributed by atoms with Crippen LogP contribution >= 0.6 is 11.3 Å². The molecule has 122 valence electrons. The molecule has 1 fully saturated rings. The highest BCUT2D eigenvalue weighted by molar-refractivity contribution is 7.09. The van der Waals surface area contributed by atoms with E-state index in [0.717, 1.165) is 41.5 Å². The van der Waals surface area contributed by atoms with Crippen molar-refractivity contribution in [3.8, 4) is 0 Å². The van der Waals surface area contributed by atoms with Gasteiger partial charge in [-0.1, -0.05) is 6.07 Å². The van der Waals surface area contributed by atoms with E-state index in [0.29, 0.717) is 12.6 Å². The van der Waals surface area contributed by atoms with Gasteiger partial charge in [0.2, 0.25) is 5.91 Å². The fourth-order valence-corrected chi connectivity index (χ4v) is 3.61. The largest absolute Gasteiger partial charge is 0.352 e. The number of rotatable bonds is 5. The molecule has 1 atom stereocenters. The SMILES string of the molecule is CC(=O)NCc1ccc([C@@H]2CCCN2Cc2csc(C)n2)nc1. The molecule has 1 amide bonds. The van der Waals surface area contributed by atoms with Crippen LogP contribution in [0.3, 0.4) is 0 Å². The first-order valence-corrected chi connectivity index (χ1v) is 8.84. The Morgan fingerprint density at radius 1 is 1.48 bits per heavy atom. The molecule has 2 aromatic heterocycles.